The van der Waals surface area contributed by atoms with Gasteiger partial charge in [-0.25, -0.2) is 0 Å². The zero-order chi connectivity index (χ0) is 33.5. The molecule has 4 rings (SSSR count). The molecule has 0 saturated carbocycles. The molecule has 0 aromatic rings. The zero-order valence-corrected chi connectivity index (χ0v) is 25.0. The second-order valence-electron chi connectivity index (χ2n) is 11.8. The van der Waals surface area contributed by atoms with Crippen molar-refractivity contribution in [2.24, 2.45) is 0 Å². The van der Waals surface area contributed by atoms with Crippen LogP contribution in [0.15, 0.2) is 0 Å². The van der Waals surface area contributed by atoms with Crippen molar-refractivity contribution >= 4 is 5.91 Å². The van der Waals surface area contributed by atoms with Gasteiger partial charge in [-0.2, -0.15) is 0 Å². The summed E-state index contributed by atoms with van der Waals surface area (Å²) in [6, 6.07) is -1.49. The van der Waals surface area contributed by atoms with Crippen molar-refractivity contribution in [2.45, 2.75) is 150 Å². The first-order valence-electron chi connectivity index (χ1n) is 14.7. The Labute approximate surface area is 257 Å². The lowest BCUT2D eigenvalue weighted by Gasteiger charge is -2.50. The normalized spacial score (nSPS) is 52.8. The van der Waals surface area contributed by atoms with Crippen LogP contribution in [0.5, 0.6) is 0 Å². The number of rotatable bonds is 8. The van der Waals surface area contributed by atoms with E-state index in [1.807, 2.05) is 0 Å². The summed E-state index contributed by atoms with van der Waals surface area (Å²) in [4.78, 5) is 12.3. The van der Waals surface area contributed by atoms with Gasteiger partial charge in [0.2, 0.25) is 5.91 Å². The molecule has 0 aliphatic carbocycles. The van der Waals surface area contributed by atoms with Crippen LogP contribution in [0, 0.1) is 0 Å². The van der Waals surface area contributed by atoms with Crippen molar-refractivity contribution in [2.75, 3.05) is 6.61 Å². The van der Waals surface area contributed by atoms with Crippen LogP contribution < -0.4 is 5.32 Å². The largest absolute Gasteiger partial charge is 0.394 e. The van der Waals surface area contributed by atoms with Crippen molar-refractivity contribution in [1.29, 1.82) is 0 Å². The molecule has 4 saturated heterocycles. The first-order chi connectivity index (χ1) is 21.1. The van der Waals surface area contributed by atoms with Gasteiger partial charge in [0.25, 0.3) is 0 Å². The summed E-state index contributed by atoms with van der Waals surface area (Å²) < 4.78 is 39.6. The van der Waals surface area contributed by atoms with Gasteiger partial charge in [0.05, 0.1) is 24.9 Å². The summed E-state index contributed by atoms with van der Waals surface area (Å²) in [6.07, 6.45) is -29.5. The molecule has 45 heavy (non-hydrogen) atoms. The van der Waals surface area contributed by atoms with Crippen LogP contribution in [-0.4, -0.2) is 186 Å². The highest BCUT2D eigenvalue weighted by atomic mass is 16.8. The number of carbonyl (C=O) groups excluding carboxylic acids is 1. The van der Waals surface area contributed by atoms with Crippen LogP contribution in [0.3, 0.4) is 0 Å². The summed E-state index contributed by atoms with van der Waals surface area (Å²) in [5.74, 6) is -0.690. The fraction of sp³-hybridized carbons (Fsp3) is 0.962. The van der Waals surface area contributed by atoms with E-state index in [0.717, 1.165) is 6.92 Å². The lowest BCUT2D eigenvalue weighted by molar-refractivity contribution is -0.386. The third-order valence-corrected chi connectivity index (χ3v) is 8.49. The predicted octanol–water partition coefficient (Wildman–Crippen LogP) is -6.52. The third kappa shape index (κ3) is 7.60. The highest BCUT2D eigenvalue weighted by Crippen LogP contribution is 2.34. The number of ether oxygens (including phenoxy) is 7. The number of aliphatic hydroxyl groups is 10. The fourth-order valence-corrected chi connectivity index (χ4v) is 5.75. The standard InChI is InChI=1S/C26H45NO18/c1-6-13(31)17(35)21(23(38)39-6)44-26-22(18(36)14(32)8(3)41-26)45-24-11(27-9(4)29)20(15(33)10(5-28)42-24)43-25-19(37)16(34)12(30)7(2)40-25/h6-8,10-26,28,30-38H,5H2,1-4H3,(H,27,29)/t6-,7-,8-,10+,11+,12-,13-,14-,15+,16+,17+,18+,19+,20+,21+,22+,23?,24-,25-,26-/m0/s1. The average Bonchev–Trinajstić information content (AvgIpc) is 2.98. The molecule has 4 fully saturated rings. The van der Waals surface area contributed by atoms with E-state index in [2.05, 4.69) is 5.32 Å². The van der Waals surface area contributed by atoms with Gasteiger partial charge in [0, 0.05) is 6.92 Å². The van der Waals surface area contributed by atoms with Crippen LogP contribution >= 0.6 is 0 Å². The molecule has 4 aliphatic rings. The summed E-state index contributed by atoms with van der Waals surface area (Å²) in [6.45, 7) is 4.48. The van der Waals surface area contributed by atoms with E-state index in [1.54, 1.807) is 0 Å². The molecule has 1 amide bonds. The molecule has 11 N–H and O–H groups in total. The van der Waals surface area contributed by atoms with Crippen molar-refractivity contribution in [1.82, 2.24) is 5.32 Å². The zero-order valence-electron chi connectivity index (χ0n) is 25.0. The first kappa shape index (κ1) is 36.6. The van der Waals surface area contributed by atoms with Gasteiger partial charge < -0.3 is 89.5 Å². The van der Waals surface area contributed by atoms with Crippen LogP contribution in [0.4, 0.5) is 0 Å². The lowest BCUT2D eigenvalue weighted by Crippen LogP contribution is -2.69. The van der Waals surface area contributed by atoms with Gasteiger partial charge in [-0.3, -0.25) is 4.79 Å². The molecule has 19 nitrogen and oxygen atoms in total. The van der Waals surface area contributed by atoms with E-state index in [4.69, 9.17) is 33.2 Å². The second-order valence-corrected chi connectivity index (χ2v) is 11.8. The third-order valence-electron chi connectivity index (χ3n) is 8.49. The summed E-state index contributed by atoms with van der Waals surface area (Å²) in [5.41, 5.74) is 0. The molecule has 0 aromatic heterocycles. The summed E-state index contributed by atoms with van der Waals surface area (Å²) in [7, 11) is 0. The van der Waals surface area contributed by atoms with Crippen LogP contribution in [0.2, 0.25) is 0 Å². The van der Waals surface area contributed by atoms with Crippen LogP contribution in [0.25, 0.3) is 0 Å². The molecular formula is C26H45NO18. The van der Waals surface area contributed by atoms with Gasteiger partial charge in [-0.05, 0) is 20.8 Å². The maximum atomic E-state index is 12.3. The minimum atomic E-state index is -1.81. The molecule has 19 heteroatoms. The topological polar surface area (TPSA) is 296 Å². The van der Waals surface area contributed by atoms with Crippen molar-refractivity contribution < 1.29 is 89.0 Å². The Kier molecular flexibility index (Phi) is 12.1. The predicted molar refractivity (Wildman–Crippen MR) is 141 cm³/mol. The molecule has 0 radical (unpaired) electrons. The SMILES string of the molecule is CC(=O)N[C@H]1[C@H](O[C@H]2[C@H](O[C@H]3C(O)O[C@@H](C)[C@H](O)[C@H]3O)O[C@@H](C)[C@H](O)[C@H]2O)O[C@H](CO)[C@@H](O)[C@@H]1O[C@@H]1O[C@@H](C)[C@H](O)[C@@H](O)[C@H]1O. The lowest BCUT2D eigenvalue weighted by atomic mass is 9.94. The maximum absolute atomic E-state index is 12.3. The Morgan fingerprint density at radius 3 is 1.64 bits per heavy atom. The molecule has 4 heterocycles. The van der Waals surface area contributed by atoms with E-state index in [0.29, 0.717) is 0 Å². The number of carbonyl (C=O) groups is 1. The van der Waals surface area contributed by atoms with Gasteiger partial charge in [-0.1, -0.05) is 0 Å². The summed E-state index contributed by atoms with van der Waals surface area (Å²) >= 11 is 0. The summed E-state index contributed by atoms with van der Waals surface area (Å²) in [5, 5.41) is 107. The number of aliphatic hydroxyl groups excluding tert-OH is 10. The number of nitrogens with one attached hydrogen (secondary N) is 1. The van der Waals surface area contributed by atoms with Crippen LogP contribution in [-0.2, 0) is 38.0 Å². The van der Waals surface area contributed by atoms with E-state index in [9.17, 15) is 55.9 Å². The number of hydrogen-bond donors (Lipinski definition) is 11. The first-order valence-corrected chi connectivity index (χ1v) is 14.7. The Hall–Kier alpha value is -1.21. The Balaban J connectivity index is 1.63. The number of hydrogen-bond acceptors (Lipinski definition) is 18. The Morgan fingerprint density at radius 2 is 1.07 bits per heavy atom. The smallest absolute Gasteiger partial charge is 0.217 e. The van der Waals surface area contributed by atoms with E-state index < -0.39 is 135 Å². The monoisotopic (exact) mass is 659 g/mol. The minimum Gasteiger partial charge on any atom is -0.394 e. The minimum absolute atomic E-state index is 0.690. The van der Waals surface area contributed by atoms with E-state index in [1.165, 1.54) is 20.8 Å². The quantitative estimate of drug-likeness (QED) is 0.115. The van der Waals surface area contributed by atoms with E-state index in [-0.39, 0.29) is 0 Å². The average molecular weight is 660 g/mol. The molecule has 1 unspecified atom stereocenters. The van der Waals surface area contributed by atoms with Crippen molar-refractivity contribution in [3.63, 3.8) is 0 Å². The molecule has 0 spiro atoms. The van der Waals surface area contributed by atoms with Crippen molar-refractivity contribution in [3.8, 4) is 0 Å². The van der Waals surface area contributed by atoms with Gasteiger partial charge >= 0.3 is 0 Å². The maximum Gasteiger partial charge on any atom is 0.217 e. The van der Waals surface area contributed by atoms with Gasteiger partial charge in [-0.15, -0.1) is 0 Å². The fourth-order valence-electron chi connectivity index (χ4n) is 5.75. The molecular weight excluding hydrogens is 614 g/mol. The number of amides is 1. The highest BCUT2D eigenvalue weighted by Gasteiger charge is 2.55. The molecule has 262 valence electrons. The molecule has 4 aliphatic heterocycles. The molecule has 20 atom stereocenters. The second kappa shape index (κ2) is 14.9. The van der Waals surface area contributed by atoms with Crippen molar-refractivity contribution in [3.05, 3.63) is 0 Å². The van der Waals surface area contributed by atoms with E-state index >= 15 is 0 Å². The molecule has 0 aromatic carbocycles. The molecule has 0 bridgehead atoms. The Morgan fingerprint density at radius 1 is 0.578 bits per heavy atom. The van der Waals surface area contributed by atoms with Crippen LogP contribution in [0.1, 0.15) is 27.7 Å². The highest BCUT2D eigenvalue weighted by molar-refractivity contribution is 5.73. The van der Waals surface area contributed by atoms with Gasteiger partial charge in [0.15, 0.2) is 25.2 Å². The Bertz CT molecular complexity index is 980. The van der Waals surface area contributed by atoms with Gasteiger partial charge in [0.1, 0.15) is 79.3 Å².